The van der Waals surface area contributed by atoms with Crippen molar-refractivity contribution in [3.05, 3.63) is 23.3 Å². The molecule has 1 unspecified atom stereocenters. The minimum atomic E-state index is 0.281. The quantitative estimate of drug-likeness (QED) is 0.773. The summed E-state index contributed by atoms with van der Waals surface area (Å²) in [6.07, 6.45) is 1.05. The van der Waals surface area contributed by atoms with Crippen LogP contribution in [0, 0.1) is 6.92 Å². The first-order valence-electron chi connectivity index (χ1n) is 6.13. The predicted octanol–water partition coefficient (Wildman–Crippen LogP) is 2.98. The summed E-state index contributed by atoms with van der Waals surface area (Å²) in [5.74, 6) is 3.66. The Bertz CT molecular complexity index is 380. The molecule has 4 heteroatoms. The van der Waals surface area contributed by atoms with Gasteiger partial charge < -0.3 is 15.2 Å². The van der Waals surface area contributed by atoms with Gasteiger partial charge in [-0.3, -0.25) is 0 Å². The van der Waals surface area contributed by atoms with Crippen molar-refractivity contribution in [3.63, 3.8) is 0 Å². The molecule has 0 fully saturated rings. The van der Waals surface area contributed by atoms with Crippen molar-refractivity contribution < 1.29 is 9.47 Å². The Labute approximate surface area is 114 Å². The summed E-state index contributed by atoms with van der Waals surface area (Å²) in [5, 5.41) is 0. The maximum atomic E-state index is 5.74. The highest BCUT2D eigenvalue weighted by Gasteiger charge is 2.08. The van der Waals surface area contributed by atoms with E-state index in [-0.39, 0.29) is 6.04 Å². The number of hydrogen-bond donors (Lipinski definition) is 1. The molecule has 1 atom stereocenters. The minimum Gasteiger partial charge on any atom is -0.493 e. The first-order chi connectivity index (χ1) is 8.58. The van der Waals surface area contributed by atoms with E-state index in [9.17, 15) is 0 Å². The third-order valence-corrected chi connectivity index (χ3v) is 3.86. The Morgan fingerprint density at radius 2 is 1.83 bits per heavy atom. The molecule has 1 rings (SSSR count). The van der Waals surface area contributed by atoms with Gasteiger partial charge in [-0.1, -0.05) is 0 Å². The molecule has 0 amide bonds. The Balaban J connectivity index is 2.65. The van der Waals surface area contributed by atoms with E-state index in [4.69, 9.17) is 15.2 Å². The Hall–Kier alpha value is -0.870. The molecule has 0 radical (unpaired) electrons. The van der Waals surface area contributed by atoms with Gasteiger partial charge in [0.25, 0.3) is 0 Å². The lowest BCUT2D eigenvalue weighted by Crippen LogP contribution is -2.15. The van der Waals surface area contributed by atoms with Gasteiger partial charge in [-0.25, -0.2) is 0 Å². The van der Waals surface area contributed by atoms with Crippen molar-refractivity contribution in [2.45, 2.75) is 32.1 Å². The summed E-state index contributed by atoms with van der Waals surface area (Å²) in [4.78, 5) is 0. The second-order valence-corrected chi connectivity index (χ2v) is 5.56. The van der Waals surface area contributed by atoms with E-state index < -0.39 is 0 Å². The molecule has 18 heavy (non-hydrogen) atoms. The monoisotopic (exact) mass is 269 g/mol. The Kier molecular flexibility index (Phi) is 6.36. The molecule has 0 aromatic heterocycles. The van der Waals surface area contributed by atoms with E-state index in [0.29, 0.717) is 0 Å². The van der Waals surface area contributed by atoms with E-state index in [1.165, 1.54) is 11.1 Å². The molecule has 0 spiro atoms. The van der Waals surface area contributed by atoms with Crippen molar-refractivity contribution in [1.82, 2.24) is 0 Å². The highest BCUT2D eigenvalue weighted by molar-refractivity contribution is 7.98. The molecule has 0 saturated carbocycles. The van der Waals surface area contributed by atoms with Gasteiger partial charge in [0.15, 0.2) is 11.5 Å². The lowest BCUT2D eigenvalue weighted by atomic mass is 10.1. The van der Waals surface area contributed by atoms with E-state index >= 15 is 0 Å². The molecule has 0 aliphatic heterocycles. The smallest absolute Gasteiger partial charge is 0.161 e. The second-order valence-electron chi connectivity index (χ2n) is 4.45. The van der Waals surface area contributed by atoms with E-state index in [2.05, 4.69) is 13.0 Å². The highest BCUT2D eigenvalue weighted by atomic mass is 32.2. The summed E-state index contributed by atoms with van der Waals surface area (Å²) in [6, 6.07) is 4.37. The van der Waals surface area contributed by atoms with Crippen LogP contribution in [0.25, 0.3) is 0 Å². The fraction of sp³-hybridized carbons (Fsp3) is 0.571. The second kappa shape index (κ2) is 7.54. The van der Waals surface area contributed by atoms with Crippen molar-refractivity contribution in [2.24, 2.45) is 5.73 Å². The van der Waals surface area contributed by atoms with Crippen molar-refractivity contribution in [1.29, 1.82) is 0 Å². The fourth-order valence-electron chi connectivity index (χ4n) is 1.63. The van der Waals surface area contributed by atoms with Gasteiger partial charge >= 0.3 is 0 Å². The maximum Gasteiger partial charge on any atom is 0.161 e. The number of aryl methyl sites for hydroxylation is 1. The molecular formula is C14H23NO2S. The number of thioether (sulfide) groups is 1. The Morgan fingerprint density at radius 3 is 2.39 bits per heavy atom. The van der Waals surface area contributed by atoms with Gasteiger partial charge in [-0.15, -0.1) is 0 Å². The zero-order valence-corrected chi connectivity index (χ0v) is 12.5. The summed E-state index contributed by atoms with van der Waals surface area (Å²) < 4.78 is 10.6. The SMILES string of the molecule is COc1cc(C)c(CSCCC(C)N)cc1OC. The summed E-state index contributed by atoms with van der Waals surface area (Å²) >= 11 is 1.91. The minimum absolute atomic E-state index is 0.281. The summed E-state index contributed by atoms with van der Waals surface area (Å²) in [6.45, 7) is 4.14. The van der Waals surface area contributed by atoms with Crippen LogP contribution < -0.4 is 15.2 Å². The average Bonchev–Trinajstić information content (AvgIpc) is 2.35. The first-order valence-corrected chi connectivity index (χ1v) is 7.28. The van der Waals surface area contributed by atoms with Gasteiger partial charge in [0, 0.05) is 11.8 Å². The number of benzene rings is 1. The van der Waals surface area contributed by atoms with Crippen molar-refractivity contribution >= 4 is 11.8 Å². The third kappa shape index (κ3) is 4.42. The third-order valence-electron chi connectivity index (χ3n) is 2.82. The molecule has 0 aliphatic rings. The maximum absolute atomic E-state index is 5.74. The van der Waals surface area contributed by atoms with Crippen LogP contribution in [0.1, 0.15) is 24.5 Å². The molecule has 1 aromatic carbocycles. The molecule has 0 bridgehead atoms. The van der Waals surface area contributed by atoms with Crippen LogP contribution in [0.2, 0.25) is 0 Å². The molecule has 0 aliphatic carbocycles. The number of rotatable bonds is 7. The topological polar surface area (TPSA) is 44.5 Å². The number of hydrogen-bond acceptors (Lipinski definition) is 4. The van der Waals surface area contributed by atoms with E-state index in [1.54, 1.807) is 14.2 Å². The molecular weight excluding hydrogens is 246 g/mol. The number of ether oxygens (including phenoxy) is 2. The summed E-state index contributed by atoms with van der Waals surface area (Å²) in [5.41, 5.74) is 8.27. The number of nitrogens with two attached hydrogens (primary N) is 1. The predicted molar refractivity (Wildman–Crippen MR) is 78.7 cm³/mol. The van der Waals surface area contributed by atoms with Gasteiger partial charge in [0.05, 0.1) is 14.2 Å². The summed E-state index contributed by atoms with van der Waals surface area (Å²) in [7, 11) is 3.33. The lowest BCUT2D eigenvalue weighted by molar-refractivity contribution is 0.354. The first kappa shape index (κ1) is 15.2. The van der Waals surface area contributed by atoms with Crippen LogP contribution in [-0.2, 0) is 5.75 Å². The van der Waals surface area contributed by atoms with Crippen LogP contribution in [-0.4, -0.2) is 26.0 Å². The molecule has 102 valence electrons. The van der Waals surface area contributed by atoms with Gasteiger partial charge in [-0.05, 0) is 49.3 Å². The van der Waals surface area contributed by atoms with E-state index in [0.717, 1.165) is 29.4 Å². The van der Waals surface area contributed by atoms with Crippen LogP contribution in [0.4, 0.5) is 0 Å². The van der Waals surface area contributed by atoms with E-state index in [1.807, 2.05) is 24.8 Å². The average molecular weight is 269 g/mol. The van der Waals surface area contributed by atoms with Crippen molar-refractivity contribution in [3.8, 4) is 11.5 Å². The van der Waals surface area contributed by atoms with Crippen LogP contribution in [0.5, 0.6) is 11.5 Å². The van der Waals surface area contributed by atoms with Crippen LogP contribution in [0.15, 0.2) is 12.1 Å². The standard InChI is InChI=1S/C14H23NO2S/c1-10-7-13(16-3)14(17-4)8-12(10)9-18-6-5-11(2)15/h7-8,11H,5-6,9,15H2,1-4H3. The number of methoxy groups -OCH3 is 2. The van der Waals surface area contributed by atoms with Crippen LogP contribution in [0.3, 0.4) is 0 Å². The molecule has 3 nitrogen and oxygen atoms in total. The zero-order valence-electron chi connectivity index (χ0n) is 11.7. The fourth-order valence-corrected chi connectivity index (χ4v) is 2.84. The molecule has 1 aromatic rings. The normalized spacial score (nSPS) is 12.3. The molecule has 2 N–H and O–H groups in total. The zero-order chi connectivity index (χ0) is 13.5. The lowest BCUT2D eigenvalue weighted by Gasteiger charge is -2.13. The Morgan fingerprint density at radius 1 is 1.22 bits per heavy atom. The van der Waals surface area contributed by atoms with Gasteiger partial charge in [0.1, 0.15) is 0 Å². The highest BCUT2D eigenvalue weighted by Crippen LogP contribution is 2.31. The molecule has 0 saturated heterocycles. The van der Waals surface area contributed by atoms with Gasteiger partial charge in [-0.2, -0.15) is 11.8 Å². The van der Waals surface area contributed by atoms with Crippen molar-refractivity contribution in [2.75, 3.05) is 20.0 Å². The van der Waals surface area contributed by atoms with Gasteiger partial charge in [0.2, 0.25) is 0 Å². The largest absolute Gasteiger partial charge is 0.493 e. The molecule has 0 heterocycles. The van der Waals surface area contributed by atoms with Crippen LogP contribution >= 0.6 is 11.8 Å².